The van der Waals surface area contributed by atoms with E-state index in [1.165, 1.54) is 0 Å². The van der Waals surface area contributed by atoms with Crippen molar-refractivity contribution >= 4 is 6.09 Å². The summed E-state index contributed by atoms with van der Waals surface area (Å²) in [6, 6.07) is 2.39. The number of hydrogen-bond donors (Lipinski definition) is 2. The first-order valence-electron chi connectivity index (χ1n) is 8.40. The highest BCUT2D eigenvalue weighted by Gasteiger charge is 2.18. The standard InChI is InChI=1S/C17H31N3O3/c1-6-15(7-2)20-9-8-14(19-20)10-13(12-21)11-18-16(22)23-17(3,4)5/h8-9,13,15,21H,6-7,10-12H2,1-5H3,(H,18,22). The van der Waals surface area contributed by atoms with Gasteiger partial charge in [-0.15, -0.1) is 0 Å². The number of aliphatic hydroxyl groups is 1. The van der Waals surface area contributed by atoms with Crippen molar-refractivity contribution in [3.05, 3.63) is 18.0 Å². The van der Waals surface area contributed by atoms with Gasteiger partial charge in [0.05, 0.1) is 11.7 Å². The van der Waals surface area contributed by atoms with Crippen molar-refractivity contribution in [3.8, 4) is 0 Å². The molecule has 1 amide bonds. The van der Waals surface area contributed by atoms with Crippen molar-refractivity contribution in [1.82, 2.24) is 15.1 Å². The number of rotatable bonds is 8. The van der Waals surface area contributed by atoms with Crippen molar-refractivity contribution in [2.45, 2.75) is 65.5 Å². The molecule has 1 unspecified atom stereocenters. The number of nitrogens with one attached hydrogen (secondary N) is 1. The van der Waals surface area contributed by atoms with Crippen LogP contribution >= 0.6 is 0 Å². The third kappa shape index (κ3) is 7.03. The van der Waals surface area contributed by atoms with Crippen LogP contribution in [-0.2, 0) is 11.2 Å². The zero-order valence-electron chi connectivity index (χ0n) is 15.0. The minimum Gasteiger partial charge on any atom is -0.444 e. The van der Waals surface area contributed by atoms with Crippen LogP contribution in [0.25, 0.3) is 0 Å². The van der Waals surface area contributed by atoms with Crippen LogP contribution in [0, 0.1) is 5.92 Å². The second kappa shape index (κ2) is 8.91. The zero-order valence-corrected chi connectivity index (χ0v) is 15.0. The third-order valence-corrected chi connectivity index (χ3v) is 3.67. The maximum Gasteiger partial charge on any atom is 0.407 e. The Labute approximate surface area is 139 Å². The highest BCUT2D eigenvalue weighted by molar-refractivity contribution is 5.67. The fraction of sp³-hybridized carbons (Fsp3) is 0.765. The van der Waals surface area contributed by atoms with E-state index in [0.29, 0.717) is 19.0 Å². The molecule has 2 N–H and O–H groups in total. The lowest BCUT2D eigenvalue weighted by Gasteiger charge is -2.21. The van der Waals surface area contributed by atoms with Gasteiger partial charge >= 0.3 is 6.09 Å². The molecule has 1 rings (SSSR count). The number of aromatic nitrogens is 2. The summed E-state index contributed by atoms with van der Waals surface area (Å²) >= 11 is 0. The molecule has 0 fully saturated rings. The Balaban J connectivity index is 2.52. The molecule has 6 heteroatoms. The fourth-order valence-corrected chi connectivity index (χ4v) is 2.39. The van der Waals surface area contributed by atoms with Gasteiger partial charge in [-0.25, -0.2) is 4.79 Å². The van der Waals surface area contributed by atoms with Crippen LogP contribution in [0.3, 0.4) is 0 Å². The SMILES string of the molecule is CCC(CC)n1ccc(CC(CO)CNC(=O)OC(C)(C)C)n1. The van der Waals surface area contributed by atoms with Gasteiger partial charge < -0.3 is 15.2 Å². The molecule has 0 aliphatic heterocycles. The van der Waals surface area contributed by atoms with Crippen molar-refractivity contribution < 1.29 is 14.6 Å². The highest BCUT2D eigenvalue weighted by atomic mass is 16.6. The van der Waals surface area contributed by atoms with Gasteiger partial charge in [0.1, 0.15) is 5.60 Å². The summed E-state index contributed by atoms with van der Waals surface area (Å²) in [5.41, 5.74) is 0.411. The molecule has 0 aliphatic rings. The Kier molecular flexibility index (Phi) is 7.55. The van der Waals surface area contributed by atoms with Crippen LogP contribution in [0.4, 0.5) is 4.79 Å². The maximum atomic E-state index is 11.7. The first-order valence-corrected chi connectivity index (χ1v) is 8.40. The third-order valence-electron chi connectivity index (χ3n) is 3.67. The number of alkyl carbamates (subject to hydrolysis) is 1. The lowest BCUT2D eigenvalue weighted by molar-refractivity contribution is 0.0512. The summed E-state index contributed by atoms with van der Waals surface area (Å²) in [6.07, 6.45) is 4.24. The largest absolute Gasteiger partial charge is 0.444 e. The minimum atomic E-state index is -0.521. The zero-order chi connectivity index (χ0) is 17.5. The molecule has 1 aromatic heterocycles. The Morgan fingerprint density at radius 1 is 1.39 bits per heavy atom. The van der Waals surface area contributed by atoms with Crippen LogP contribution in [0.5, 0.6) is 0 Å². The second-order valence-electron chi connectivity index (χ2n) is 6.89. The molecule has 132 valence electrons. The molecule has 0 aliphatic carbocycles. The Hall–Kier alpha value is -1.56. The first kappa shape index (κ1) is 19.5. The Bertz CT molecular complexity index is 476. The summed E-state index contributed by atoms with van der Waals surface area (Å²) in [5.74, 6) is -0.0763. The molecule has 1 atom stereocenters. The summed E-state index contributed by atoms with van der Waals surface area (Å²) in [6.45, 7) is 10.1. The molecule has 0 saturated heterocycles. The lowest BCUT2D eigenvalue weighted by atomic mass is 10.0. The average molecular weight is 325 g/mol. The molecule has 0 spiro atoms. The van der Waals surface area contributed by atoms with Gasteiger partial charge in [0.25, 0.3) is 0 Å². The number of nitrogens with zero attached hydrogens (tertiary/aromatic N) is 2. The van der Waals surface area contributed by atoms with Gasteiger partial charge in [-0.05, 0) is 46.1 Å². The monoisotopic (exact) mass is 325 g/mol. The maximum absolute atomic E-state index is 11.7. The number of ether oxygens (including phenoxy) is 1. The number of hydrogen-bond acceptors (Lipinski definition) is 4. The molecular weight excluding hydrogens is 294 g/mol. The van der Waals surface area contributed by atoms with Gasteiger partial charge in [-0.3, -0.25) is 4.68 Å². The van der Waals surface area contributed by atoms with E-state index in [4.69, 9.17) is 4.74 Å². The molecule has 0 saturated carbocycles. The molecule has 1 aromatic rings. The molecule has 0 aromatic carbocycles. The number of carbonyl (C=O) groups excluding carboxylic acids is 1. The van der Waals surface area contributed by atoms with E-state index in [1.807, 2.05) is 37.7 Å². The molecule has 6 nitrogen and oxygen atoms in total. The summed E-state index contributed by atoms with van der Waals surface area (Å²) < 4.78 is 7.19. The van der Waals surface area contributed by atoms with Gasteiger partial charge in [-0.2, -0.15) is 5.10 Å². The fourth-order valence-electron chi connectivity index (χ4n) is 2.39. The van der Waals surface area contributed by atoms with E-state index in [0.717, 1.165) is 18.5 Å². The predicted octanol–water partition coefficient (Wildman–Crippen LogP) is 2.92. The van der Waals surface area contributed by atoms with Crippen molar-refractivity contribution in [3.63, 3.8) is 0 Å². The number of carbonyl (C=O) groups is 1. The van der Waals surface area contributed by atoms with Gasteiger partial charge in [0.2, 0.25) is 0 Å². The van der Waals surface area contributed by atoms with Crippen LogP contribution in [-0.4, -0.2) is 39.7 Å². The summed E-state index contributed by atoms with van der Waals surface area (Å²) in [5, 5.41) is 16.8. The van der Waals surface area contributed by atoms with Crippen molar-refractivity contribution in [2.24, 2.45) is 5.92 Å². The molecule has 1 heterocycles. The van der Waals surface area contributed by atoms with E-state index in [2.05, 4.69) is 24.3 Å². The summed E-state index contributed by atoms with van der Waals surface area (Å²) in [7, 11) is 0. The molecule has 0 radical (unpaired) electrons. The molecule has 23 heavy (non-hydrogen) atoms. The quantitative estimate of drug-likeness (QED) is 0.770. The lowest BCUT2D eigenvalue weighted by Crippen LogP contribution is -2.36. The van der Waals surface area contributed by atoms with Crippen LogP contribution in [0.2, 0.25) is 0 Å². The van der Waals surface area contributed by atoms with E-state index >= 15 is 0 Å². The topological polar surface area (TPSA) is 76.4 Å². The van der Waals surface area contributed by atoms with Crippen LogP contribution in [0.15, 0.2) is 12.3 Å². The van der Waals surface area contributed by atoms with E-state index < -0.39 is 11.7 Å². The van der Waals surface area contributed by atoms with E-state index in [9.17, 15) is 9.90 Å². The van der Waals surface area contributed by atoms with E-state index in [-0.39, 0.29) is 12.5 Å². The summed E-state index contributed by atoms with van der Waals surface area (Å²) in [4.78, 5) is 11.7. The second-order valence-corrected chi connectivity index (χ2v) is 6.89. The van der Waals surface area contributed by atoms with Gasteiger partial charge in [0.15, 0.2) is 0 Å². The number of aliphatic hydroxyl groups excluding tert-OH is 1. The molecule has 0 bridgehead atoms. The average Bonchev–Trinajstić information content (AvgIpc) is 2.91. The number of amides is 1. The van der Waals surface area contributed by atoms with Crippen LogP contribution < -0.4 is 5.32 Å². The smallest absolute Gasteiger partial charge is 0.407 e. The van der Waals surface area contributed by atoms with Crippen LogP contribution in [0.1, 0.15) is 59.2 Å². The Morgan fingerprint density at radius 3 is 2.57 bits per heavy atom. The normalized spacial score (nSPS) is 13.2. The van der Waals surface area contributed by atoms with Crippen molar-refractivity contribution in [1.29, 1.82) is 0 Å². The van der Waals surface area contributed by atoms with Crippen molar-refractivity contribution in [2.75, 3.05) is 13.2 Å². The highest BCUT2D eigenvalue weighted by Crippen LogP contribution is 2.16. The predicted molar refractivity (Wildman–Crippen MR) is 90.4 cm³/mol. The first-order chi connectivity index (χ1) is 10.8. The van der Waals surface area contributed by atoms with Gasteiger partial charge in [0, 0.05) is 25.3 Å². The minimum absolute atomic E-state index is 0.00631. The molecular formula is C17H31N3O3. The van der Waals surface area contributed by atoms with E-state index in [1.54, 1.807) is 0 Å². The Morgan fingerprint density at radius 2 is 2.04 bits per heavy atom. The van der Waals surface area contributed by atoms with Gasteiger partial charge in [-0.1, -0.05) is 13.8 Å².